The number of ether oxygens (including phenoxy) is 1. The summed E-state index contributed by atoms with van der Waals surface area (Å²) in [7, 11) is 0. The zero-order valence-electron chi connectivity index (χ0n) is 6.03. The molecule has 0 amide bonds. The predicted octanol–water partition coefficient (Wildman–Crippen LogP) is 3.95. The maximum Gasteiger partial charge on any atom is 0.387 e. The monoisotopic (exact) mass is 318 g/mol. The number of hydrogen-bond acceptors (Lipinski definition) is 1. The highest BCUT2D eigenvalue weighted by molar-refractivity contribution is 9.11. The molecule has 0 aromatic heterocycles. The summed E-state index contributed by atoms with van der Waals surface area (Å²) >= 11 is 5.74. The van der Waals surface area contributed by atoms with Crippen LogP contribution in [0.4, 0.5) is 13.2 Å². The topological polar surface area (TPSA) is 9.23 Å². The molecule has 0 spiro atoms. The predicted molar refractivity (Wildman–Crippen MR) is 48.4 cm³/mol. The van der Waals surface area contributed by atoms with E-state index < -0.39 is 18.2 Å². The molecule has 0 fully saturated rings. The summed E-state index contributed by atoms with van der Waals surface area (Å²) in [6, 6.07) is 2.79. The average molecular weight is 320 g/mol. The highest BCUT2D eigenvalue weighted by atomic mass is 79.9. The van der Waals surface area contributed by atoms with E-state index in [1.807, 2.05) is 0 Å². The minimum Gasteiger partial charge on any atom is -0.430 e. The van der Waals surface area contributed by atoms with Crippen LogP contribution in [-0.2, 0) is 0 Å². The Bertz CT molecular complexity index is 317. The first-order valence-corrected chi connectivity index (χ1v) is 4.69. The average Bonchev–Trinajstić information content (AvgIpc) is 2.05. The van der Waals surface area contributed by atoms with Crippen LogP contribution in [0, 0.1) is 5.82 Å². The summed E-state index contributed by atoms with van der Waals surface area (Å²) < 4.78 is 40.9. The Labute approximate surface area is 89.1 Å². The second-order valence-corrected chi connectivity index (χ2v) is 3.76. The second kappa shape index (κ2) is 4.32. The number of hydrogen-bond donors (Lipinski definition) is 0. The molecule has 13 heavy (non-hydrogen) atoms. The molecule has 0 atom stereocenters. The van der Waals surface area contributed by atoms with Crippen molar-refractivity contribution in [1.82, 2.24) is 0 Å². The largest absolute Gasteiger partial charge is 0.430 e. The molecule has 72 valence electrons. The quantitative estimate of drug-likeness (QED) is 0.750. The highest BCUT2D eigenvalue weighted by Gasteiger charge is 2.15. The van der Waals surface area contributed by atoms with Gasteiger partial charge in [-0.05, 0) is 44.0 Å². The normalized spacial score (nSPS) is 10.6. The minimum atomic E-state index is -3.04. The third-order valence-electron chi connectivity index (χ3n) is 1.21. The Morgan fingerprint density at radius 3 is 2.23 bits per heavy atom. The van der Waals surface area contributed by atoms with Gasteiger partial charge in [0.05, 0.1) is 8.95 Å². The molecule has 0 radical (unpaired) electrons. The zero-order valence-corrected chi connectivity index (χ0v) is 9.20. The maximum atomic E-state index is 13.1. The summed E-state index contributed by atoms with van der Waals surface area (Å²) in [5.74, 6) is -1.35. The van der Waals surface area contributed by atoms with Crippen LogP contribution in [0.1, 0.15) is 0 Å². The molecule has 0 unspecified atom stereocenters. The van der Waals surface area contributed by atoms with Gasteiger partial charge in [0, 0.05) is 0 Å². The van der Waals surface area contributed by atoms with E-state index in [1.54, 1.807) is 0 Å². The van der Waals surface area contributed by atoms with Crippen LogP contribution < -0.4 is 4.74 Å². The Morgan fingerprint density at radius 1 is 1.15 bits per heavy atom. The molecule has 1 aromatic rings. The number of benzene rings is 1. The molecule has 0 N–H and O–H groups in total. The van der Waals surface area contributed by atoms with Gasteiger partial charge in [-0.3, -0.25) is 0 Å². The summed E-state index contributed by atoms with van der Waals surface area (Å²) in [5.41, 5.74) is 0. The highest BCUT2D eigenvalue weighted by Crippen LogP contribution is 2.33. The van der Waals surface area contributed by atoms with Gasteiger partial charge in [0.25, 0.3) is 0 Å². The summed E-state index contributed by atoms with van der Waals surface area (Å²) in [4.78, 5) is 0. The van der Waals surface area contributed by atoms with Gasteiger partial charge in [-0.15, -0.1) is 0 Å². The van der Waals surface area contributed by atoms with Gasteiger partial charge in [-0.25, -0.2) is 4.39 Å². The van der Waals surface area contributed by atoms with E-state index >= 15 is 0 Å². The van der Waals surface area contributed by atoms with E-state index in [4.69, 9.17) is 0 Å². The molecule has 0 saturated carbocycles. The van der Waals surface area contributed by atoms with E-state index in [9.17, 15) is 13.2 Å². The molecule has 0 aliphatic heterocycles. The van der Waals surface area contributed by atoms with Crippen molar-refractivity contribution < 1.29 is 17.9 Å². The van der Waals surface area contributed by atoms with Crippen LogP contribution in [0.25, 0.3) is 0 Å². The maximum absolute atomic E-state index is 13.1. The fourth-order valence-corrected chi connectivity index (χ4v) is 1.42. The Balaban J connectivity index is 3.10. The van der Waals surface area contributed by atoms with E-state index in [2.05, 4.69) is 36.6 Å². The minimum absolute atomic E-state index is 0.0753. The van der Waals surface area contributed by atoms with Gasteiger partial charge in [-0.2, -0.15) is 8.78 Å². The van der Waals surface area contributed by atoms with E-state index in [1.165, 1.54) is 12.1 Å². The third-order valence-corrected chi connectivity index (χ3v) is 2.45. The Hall–Kier alpha value is -0.230. The van der Waals surface area contributed by atoms with Crippen LogP contribution in [0.5, 0.6) is 5.75 Å². The number of alkyl halides is 2. The molecule has 1 aromatic carbocycles. The SMILES string of the molecule is Fc1c(Br)ccc(Br)c1OC(F)F. The molecule has 0 saturated heterocycles. The van der Waals surface area contributed by atoms with Crippen molar-refractivity contribution in [3.8, 4) is 5.75 Å². The van der Waals surface area contributed by atoms with Gasteiger partial charge in [-0.1, -0.05) is 0 Å². The summed E-state index contributed by atoms with van der Waals surface area (Å²) in [6.07, 6.45) is 0. The van der Waals surface area contributed by atoms with Crippen LogP contribution in [0.3, 0.4) is 0 Å². The molecule has 0 bridgehead atoms. The second-order valence-electron chi connectivity index (χ2n) is 2.05. The van der Waals surface area contributed by atoms with Gasteiger partial charge in [0.2, 0.25) is 0 Å². The molecule has 1 rings (SSSR count). The van der Waals surface area contributed by atoms with Crippen LogP contribution in [-0.4, -0.2) is 6.61 Å². The van der Waals surface area contributed by atoms with Crippen molar-refractivity contribution in [2.24, 2.45) is 0 Å². The lowest BCUT2D eigenvalue weighted by molar-refractivity contribution is -0.0528. The van der Waals surface area contributed by atoms with Crippen molar-refractivity contribution >= 4 is 31.9 Å². The summed E-state index contributed by atoms with van der Waals surface area (Å²) in [5, 5.41) is 0. The van der Waals surface area contributed by atoms with Crippen molar-refractivity contribution in [3.05, 3.63) is 26.9 Å². The van der Waals surface area contributed by atoms with Gasteiger partial charge >= 0.3 is 6.61 Å². The summed E-state index contributed by atoms with van der Waals surface area (Å²) in [6.45, 7) is -3.04. The molecule has 0 heterocycles. The first-order valence-electron chi connectivity index (χ1n) is 3.10. The van der Waals surface area contributed by atoms with Crippen molar-refractivity contribution in [2.45, 2.75) is 6.61 Å². The number of halogens is 5. The lowest BCUT2D eigenvalue weighted by Gasteiger charge is -2.08. The van der Waals surface area contributed by atoms with Gasteiger partial charge in [0.15, 0.2) is 11.6 Å². The van der Waals surface area contributed by atoms with Crippen LogP contribution in [0.2, 0.25) is 0 Å². The van der Waals surface area contributed by atoms with E-state index in [-0.39, 0.29) is 8.95 Å². The van der Waals surface area contributed by atoms with Crippen molar-refractivity contribution in [1.29, 1.82) is 0 Å². The molecule has 0 aliphatic rings. The molecular weight excluding hydrogens is 317 g/mol. The molecular formula is C7H3Br2F3O. The van der Waals surface area contributed by atoms with Crippen molar-refractivity contribution in [3.63, 3.8) is 0 Å². The molecule has 0 aliphatic carbocycles. The third kappa shape index (κ3) is 2.60. The fraction of sp³-hybridized carbons (Fsp3) is 0.143. The van der Waals surface area contributed by atoms with E-state index in [0.29, 0.717) is 0 Å². The molecule has 1 nitrogen and oxygen atoms in total. The Kier molecular flexibility index (Phi) is 3.61. The van der Waals surface area contributed by atoms with Gasteiger partial charge < -0.3 is 4.74 Å². The molecule has 6 heteroatoms. The first kappa shape index (κ1) is 10.8. The smallest absolute Gasteiger partial charge is 0.387 e. The van der Waals surface area contributed by atoms with Crippen LogP contribution in [0.15, 0.2) is 21.1 Å². The van der Waals surface area contributed by atoms with E-state index in [0.717, 1.165) is 0 Å². The first-order chi connectivity index (χ1) is 6.02. The zero-order chi connectivity index (χ0) is 10.0. The standard InChI is InChI=1S/C7H3Br2F3O/c8-3-1-2-4(9)6(5(3)10)13-7(11)12/h1-2,7H. The lowest BCUT2D eigenvalue weighted by atomic mass is 10.3. The van der Waals surface area contributed by atoms with Crippen molar-refractivity contribution in [2.75, 3.05) is 0 Å². The van der Waals surface area contributed by atoms with Crippen LogP contribution >= 0.6 is 31.9 Å². The Morgan fingerprint density at radius 2 is 1.69 bits per heavy atom. The fourth-order valence-electron chi connectivity index (χ4n) is 0.706. The van der Waals surface area contributed by atoms with Gasteiger partial charge in [0.1, 0.15) is 0 Å². The lowest BCUT2D eigenvalue weighted by Crippen LogP contribution is -2.04. The number of rotatable bonds is 2.